The summed E-state index contributed by atoms with van der Waals surface area (Å²) < 4.78 is 2.67. The quantitative estimate of drug-likeness (QED) is 0.160. The summed E-state index contributed by atoms with van der Waals surface area (Å²) in [7, 11) is 0. The molecule has 0 saturated carbocycles. The van der Waals surface area contributed by atoms with Crippen LogP contribution >= 0.6 is 11.3 Å². The second-order valence-corrected chi connectivity index (χ2v) is 15.6. The van der Waals surface area contributed by atoms with Crippen LogP contribution in [0.5, 0.6) is 0 Å². The van der Waals surface area contributed by atoms with E-state index in [9.17, 15) is 0 Å². The molecule has 11 aromatic rings. The van der Waals surface area contributed by atoms with Crippen molar-refractivity contribution in [3.63, 3.8) is 0 Å². The van der Waals surface area contributed by atoms with Gasteiger partial charge in [-0.25, -0.2) is 0 Å². The Balaban J connectivity index is 1.15. The van der Waals surface area contributed by atoms with Crippen molar-refractivity contribution in [1.29, 1.82) is 0 Å². The van der Waals surface area contributed by atoms with Gasteiger partial charge in [-0.15, -0.1) is 11.3 Å². The van der Waals surface area contributed by atoms with E-state index in [0.717, 1.165) is 17.1 Å². The molecule has 258 valence electrons. The molecule has 0 unspecified atom stereocenters. The minimum atomic E-state index is 1.12. The molecule has 0 amide bonds. The summed E-state index contributed by atoms with van der Waals surface area (Å²) in [6.07, 6.45) is 0. The fourth-order valence-electron chi connectivity index (χ4n) is 8.70. The molecule has 0 aliphatic carbocycles. The zero-order valence-electron chi connectivity index (χ0n) is 30.3. The average molecular weight is 718 g/mol. The summed E-state index contributed by atoms with van der Waals surface area (Å²) in [5.41, 5.74) is 9.50. The fourth-order valence-corrected chi connectivity index (χ4v) is 9.84. The molecule has 0 atom stereocenters. The normalized spacial score (nSPS) is 11.7. The molecule has 1 nitrogen and oxygen atoms in total. The lowest BCUT2D eigenvalue weighted by molar-refractivity contribution is 1.25. The Bertz CT molecular complexity index is 3250. The minimum absolute atomic E-state index is 1.12. The van der Waals surface area contributed by atoms with Crippen molar-refractivity contribution < 1.29 is 0 Å². The number of hydrogen-bond acceptors (Lipinski definition) is 2. The van der Waals surface area contributed by atoms with Crippen molar-refractivity contribution in [3.05, 3.63) is 200 Å². The molecule has 11 rings (SSSR count). The number of hydrogen-bond donors (Lipinski definition) is 0. The SMILES string of the molecule is Cc1cc(-c2ccccc2)ccc1N(c1ccc(-c2ccccc2)cc1)c1ccc2c(c1)c1ccccc1c1cc3sc4ccc5ccccc5c4c3cc21. The lowest BCUT2D eigenvalue weighted by Gasteiger charge is -2.28. The molecule has 0 bridgehead atoms. The van der Waals surface area contributed by atoms with E-state index >= 15 is 0 Å². The van der Waals surface area contributed by atoms with Crippen molar-refractivity contribution in [2.24, 2.45) is 0 Å². The smallest absolute Gasteiger partial charge is 0.0491 e. The lowest BCUT2D eigenvalue weighted by atomic mass is 9.92. The molecule has 1 aromatic heterocycles. The van der Waals surface area contributed by atoms with E-state index in [1.54, 1.807) is 0 Å². The van der Waals surface area contributed by atoms with Crippen LogP contribution in [0.3, 0.4) is 0 Å². The third-order valence-corrected chi connectivity index (χ3v) is 12.5. The number of nitrogens with zero attached hydrogens (tertiary/aromatic N) is 1. The van der Waals surface area contributed by atoms with Crippen molar-refractivity contribution in [2.75, 3.05) is 4.90 Å². The van der Waals surface area contributed by atoms with E-state index in [4.69, 9.17) is 0 Å². The van der Waals surface area contributed by atoms with Crippen molar-refractivity contribution in [1.82, 2.24) is 0 Å². The first kappa shape index (κ1) is 31.8. The molecule has 55 heavy (non-hydrogen) atoms. The maximum Gasteiger partial charge on any atom is 0.0491 e. The van der Waals surface area contributed by atoms with E-state index in [1.807, 2.05) is 11.3 Å². The summed E-state index contributed by atoms with van der Waals surface area (Å²) in [6.45, 7) is 2.23. The third-order valence-electron chi connectivity index (χ3n) is 11.3. The predicted molar refractivity (Wildman–Crippen MR) is 240 cm³/mol. The molecule has 0 saturated heterocycles. The molecular weight excluding hydrogens is 683 g/mol. The summed E-state index contributed by atoms with van der Waals surface area (Å²) >= 11 is 1.90. The molecule has 10 aromatic carbocycles. The predicted octanol–water partition coefficient (Wildman–Crippen LogP) is 15.8. The number of thiophene rings is 1. The molecule has 0 spiro atoms. The number of benzene rings is 10. The Morgan fingerprint density at radius 3 is 1.64 bits per heavy atom. The highest BCUT2D eigenvalue weighted by atomic mass is 32.1. The van der Waals surface area contributed by atoms with Gasteiger partial charge in [-0.3, -0.25) is 0 Å². The second-order valence-electron chi connectivity index (χ2n) is 14.5. The van der Waals surface area contributed by atoms with Crippen LogP contribution in [0.4, 0.5) is 17.1 Å². The Morgan fingerprint density at radius 1 is 0.345 bits per heavy atom. The van der Waals surface area contributed by atoms with Crippen LogP contribution in [0.1, 0.15) is 5.56 Å². The number of fused-ring (bicyclic) bond motifs is 11. The Labute approximate surface area is 324 Å². The zero-order valence-corrected chi connectivity index (χ0v) is 31.1. The van der Waals surface area contributed by atoms with Crippen LogP contribution in [0.25, 0.3) is 85.5 Å². The maximum absolute atomic E-state index is 2.47. The van der Waals surface area contributed by atoms with Gasteiger partial charge in [0.1, 0.15) is 0 Å². The molecule has 0 N–H and O–H groups in total. The van der Waals surface area contributed by atoms with Crippen molar-refractivity contribution >= 4 is 91.7 Å². The molecule has 1 heterocycles. The van der Waals surface area contributed by atoms with Crippen LogP contribution in [-0.2, 0) is 0 Å². The monoisotopic (exact) mass is 717 g/mol. The van der Waals surface area contributed by atoms with Gasteiger partial charge in [0.15, 0.2) is 0 Å². The lowest BCUT2D eigenvalue weighted by Crippen LogP contribution is -2.11. The van der Waals surface area contributed by atoms with Gasteiger partial charge in [0, 0.05) is 37.2 Å². The number of rotatable bonds is 5. The molecule has 0 aliphatic rings. The Hall–Kier alpha value is -6.74. The third kappa shape index (κ3) is 5.21. The van der Waals surface area contributed by atoms with E-state index in [0.29, 0.717) is 0 Å². The molecule has 0 radical (unpaired) electrons. The highest BCUT2D eigenvalue weighted by Crippen LogP contribution is 2.46. The van der Waals surface area contributed by atoms with Crippen LogP contribution < -0.4 is 4.90 Å². The summed E-state index contributed by atoms with van der Waals surface area (Å²) in [6, 6.07) is 71.5. The highest BCUT2D eigenvalue weighted by Gasteiger charge is 2.19. The van der Waals surface area contributed by atoms with Gasteiger partial charge in [0.25, 0.3) is 0 Å². The summed E-state index contributed by atoms with van der Waals surface area (Å²) in [4.78, 5) is 2.43. The van der Waals surface area contributed by atoms with Crippen LogP contribution in [0.2, 0.25) is 0 Å². The zero-order chi connectivity index (χ0) is 36.5. The van der Waals surface area contributed by atoms with Gasteiger partial charge in [0.2, 0.25) is 0 Å². The molecular formula is C53H35NS. The van der Waals surface area contributed by atoms with Gasteiger partial charge >= 0.3 is 0 Å². The van der Waals surface area contributed by atoms with Gasteiger partial charge in [-0.05, 0) is 132 Å². The maximum atomic E-state index is 2.47. The molecule has 0 aliphatic heterocycles. The highest BCUT2D eigenvalue weighted by molar-refractivity contribution is 7.26. The van der Waals surface area contributed by atoms with E-state index in [2.05, 4.69) is 206 Å². The largest absolute Gasteiger partial charge is 0.310 e. The van der Waals surface area contributed by atoms with Crippen molar-refractivity contribution in [2.45, 2.75) is 6.92 Å². The number of anilines is 3. The van der Waals surface area contributed by atoms with Crippen LogP contribution in [0.15, 0.2) is 194 Å². The first-order chi connectivity index (χ1) is 27.2. The van der Waals surface area contributed by atoms with Gasteiger partial charge in [-0.2, -0.15) is 0 Å². The van der Waals surface area contributed by atoms with Gasteiger partial charge in [0.05, 0.1) is 0 Å². The van der Waals surface area contributed by atoms with Crippen LogP contribution in [0, 0.1) is 6.92 Å². The van der Waals surface area contributed by atoms with Crippen LogP contribution in [-0.4, -0.2) is 0 Å². The molecule has 0 fully saturated rings. The van der Waals surface area contributed by atoms with E-state index in [1.165, 1.54) is 91.1 Å². The average Bonchev–Trinajstić information content (AvgIpc) is 3.63. The van der Waals surface area contributed by atoms with E-state index < -0.39 is 0 Å². The van der Waals surface area contributed by atoms with Crippen molar-refractivity contribution in [3.8, 4) is 22.3 Å². The number of aryl methyl sites for hydroxylation is 1. The standard InChI is InChI=1S/C53H35NS/c1-34-30-39(36-14-6-3-7-15-36)22-28-50(34)54(40-24-20-37(21-25-40)35-12-4-2-5-13-35)41-26-27-45-46(31-41)43-18-10-11-19-44(43)48-33-52-49(32-47(45)48)53-42-17-9-8-16-38(42)23-29-51(53)55-52/h2-33H,1H3. The minimum Gasteiger partial charge on any atom is -0.310 e. The second kappa shape index (κ2) is 12.7. The fraction of sp³-hybridized carbons (Fsp3) is 0.0189. The van der Waals surface area contributed by atoms with Gasteiger partial charge in [-0.1, -0.05) is 140 Å². The first-order valence-electron chi connectivity index (χ1n) is 18.9. The Kier molecular flexibility index (Phi) is 7.33. The topological polar surface area (TPSA) is 3.24 Å². The Morgan fingerprint density at radius 2 is 0.909 bits per heavy atom. The summed E-state index contributed by atoms with van der Waals surface area (Å²) in [5.74, 6) is 0. The van der Waals surface area contributed by atoms with E-state index in [-0.39, 0.29) is 0 Å². The summed E-state index contributed by atoms with van der Waals surface area (Å²) in [5, 5.41) is 13.0. The van der Waals surface area contributed by atoms with Gasteiger partial charge < -0.3 is 4.90 Å². The molecule has 2 heteroatoms. The first-order valence-corrected chi connectivity index (χ1v) is 19.7.